The van der Waals surface area contributed by atoms with Gasteiger partial charge in [0.05, 0.1) is 5.52 Å². The van der Waals surface area contributed by atoms with Gasteiger partial charge in [-0.1, -0.05) is 18.2 Å². The van der Waals surface area contributed by atoms with E-state index in [1.54, 1.807) is 6.07 Å². The Morgan fingerprint density at radius 1 is 1.32 bits per heavy atom. The maximum Gasteiger partial charge on any atom is 0.507 e. The molecule has 22 heavy (non-hydrogen) atoms. The molecule has 0 spiro atoms. The molecule has 116 valence electrons. The van der Waals surface area contributed by atoms with Crippen LogP contribution in [-0.2, 0) is 11.5 Å². The fraction of sp³-hybridized carbons (Fsp3) is 0.375. The Kier molecular flexibility index (Phi) is 4.11. The van der Waals surface area contributed by atoms with Crippen LogP contribution in [0.5, 0.6) is 0 Å². The first-order valence-corrected chi connectivity index (χ1v) is 7.36. The van der Waals surface area contributed by atoms with Gasteiger partial charge in [-0.05, 0) is 49.4 Å². The molecule has 3 rings (SSSR count). The molecule has 1 aromatic heterocycles. The SMILES string of the molecule is O=C(O)OCn1c(=O)c(C2CCNCC2)cc2ccccc21. The molecule has 2 aromatic rings. The van der Waals surface area contributed by atoms with Crippen LogP contribution in [0.15, 0.2) is 35.1 Å². The van der Waals surface area contributed by atoms with Gasteiger partial charge in [0, 0.05) is 5.56 Å². The molecular formula is C16H18N2O4. The minimum atomic E-state index is -1.39. The number of ether oxygens (including phenoxy) is 1. The molecule has 6 nitrogen and oxygen atoms in total. The van der Waals surface area contributed by atoms with E-state index in [1.165, 1.54) is 4.57 Å². The summed E-state index contributed by atoms with van der Waals surface area (Å²) in [6.07, 6.45) is 0.434. The zero-order chi connectivity index (χ0) is 15.5. The normalized spacial score (nSPS) is 15.8. The summed E-state index contributed by atoms with van der Waals surface area (Å²) in [6.45, 7) is 1.50. The first-order valence-electron chi connectivity index (χ1n) is 7.36. The maximum absolute atomic E-state index is 12.8. The highest BCUT2D eigenvalue weighted by Crippen LogP contribution is 2.25. The summed E-state index contributed by atoms with van der Waals surface area (Å²) in [5.41, 5.74) is 1.27. The molecule has 2 heterocycles. The average molecular weight is 302 g/mol. The van der Waals surface area contributed by atoms with Crippen molar-refractivity contribution >= 4 is 17.1 Å². The third-order valence-electron chi connectivity index (χ3n) is 4.13. The van der Waals surface area contributed by atoms with Crippen LogP contribution in [0.25, 0.3) is 10.9 Å². The van der Waals surface area contributed by atoms with Crippen LogP contribution in [-0.4, -0.2) is 28.9 Å². The highest BCUT2D eigenvalue weighted by Gasteiger charge is 2.20. The van der Waals surface area contributed by atoms with Crippen molar-refractivity contribution in [1.82, 2.24) is 9.88 Å². The molecule has 1 fully saturated rings. The van der Waals surface area contributed by atoms with Gasteiger partial charge in [-0.25, -0.2) is 4.79 Å². The van der Waals surface area contributed by atoms with Gasteiger partial charge in [-0.15, -0.1) is 0 Å². The maximum atomic E-state index is 12.8. The second-order valence-corrected chi connectivity index (χ2v) is 5.46. The minimum Gasteiger partial charge on any atom is -0.450 e. The number of hydrogen-bond donors (Lipinski definition) is 2. The lowest BCUT2D eigenvalue weighted by atomic mass is 9.90. The molecule has 2 N–H and O–H groups in total. The lowest BCUT2D eigenvalue weighted by molar-refractivity contribution is 0.0650. The first-order chi connectivity index (χ1) is 10.7. The van der Waals surface area contributed by atoms with E-state index in [4.69, 9.17) is 5.11 Å². The topological polar surface area (TPSA) is 80.6 Å². The molecule has 0 unspecified atom stereocenters. The number of carbonyl (C=O) groups is 1. The molecule has 0 radical (unpaired) electrons. The Bertz CT molecular complexity index is 747. The summed E-state index contributed by atoms with van der Waals surface area (Å²) in [4.78, 5) is 23.4. The van der Waals surface area contributed by atoms with Gasteiger partial charge in [-0.3, -0.25) is 9.36 Å². The smallest absolute Gasteiger partial charge is 0.450 e. The summed E-state index contributed by atoms with van der Waals surface area (Å²) >= 11 is 0. The van der Waals surface area contributed by atoms with Gasteiger partial charge in [0.25, 0.3) is 5.56 Å². The summed E-state index contributed by atoms with van der Waals surface area (Å²) < 4.78 is 6.03. The number of nitrogens with zero attached hydrogens (tertiary/aromatic N) is 1. The Morgan fingerprint density at radius 3 is 2.77 bits per heavy atom. The largest absolute Gasteiger partial charge is 0.507 e. The molecule has 1 saturated heterocycles. The number of piperidine rings is 1. The number of aromatic nitrogens is 1. The van der Waals surface area contributed by atoms with E-state index in [0.29, 0.717) is 5.52 Å². The van der Waals surface area contributed by atoms with Crippen molar-refractivity contribution in [2.45, 2.75) is 25.5 Å². The molecule has 0 amide bonds. The van der Waals surface area contributed by atoms with Gasteiger partial charge >= 0.3 is 6.16 Å². The number of para-hydroxylation sites is 1. The number of hydrogen-bond acceptors (Lipinski definition) is 4. The lowest BCUT2D eigenvalue weighted by Crippen LogP contribution is -2.32. The van der Waals surface area contributed by atoms with E-state index in [-0.39, 0.29) is 18.2 Å². The minimum absolute atomic E-state index is 0.160. The van der Waals surface area contributed by atoms with Crippen molar-refractivity contribution in [3.8, 4) is 0 Å². The lowest BCUT2D eigenvalue weighted by Gasteiger charge is -2.23. The second-order valence-electron chi connectivity index (χ2n) is 5.46. The number of pyridine rings is 1. The number of rotatable bonds is 3. The van der Waals surface area contributed by atoms with Gasteiger partial charge in [0.1, 0.15) is 0 Å². The Balaban J connectivity index is 2.10. The molecule has 1 aromatic carbocycles. The van der Waals surface area contributed by atoms with Gasteiger partial charge in [-0.2, -0.15) is 0 Å². The molecule has 0 bridgehead atoms. The number of benzene rings is 1. The summed E-state index contributed by atoms with van der Waals surface area (Å²) in [5.74, 6) is 0.203. The van der Waals surface area contributed by atoms with Crippen molar-refractivity contribution in [3.63, 3.8) is 0 Å². The molecule has 0 atom stereocenters. The van der Waals surface area contributed by atoms with E-state index < -0.39 is 6.16 Å². The number of carboxylic acid groups (broad SMARTS) is 1. The van der Waals surface area contributed by atoms with Crippen LogP contribution in [0.3, 0.4) is 0 Å². The standard InChI is InChI=1S/C16H18N2O4/c19-15-13(11-5-7-17-8-6-11)9-12-3-1-2-4-14(12)18(15)10-22-16(20)21/h1-4,9,11,17H,5-8,10H2,(H,20,21). The van der Waals surface area contributed by atoms with E-state index in [0.717, 1.165) is 36.9 Å². The van der Waals surface area contributed by atoms with Crippen molar-refractivity contribution in [1.29, 1.82) is 0 Å². The predicted octanol–water partition coefficient (Wildman–Crippen LogP) is 2.12. The summed E-state index contributed by atoms with van der Waals surface area (Å²) in [5, 5.41) is 12.9. The number of fused-ring (bicyclic) bond motifs is 1. The number of nitrogens with one attached hydrogen (secondary N) is 1. The van der Waals surface area contributed by atoms with E-state index in [9.17, 15) is 9.59 Å². The van der Waals surface area contributed by atoms with Gasteiger partial charge in [0.2, 0.25) is 0 Å². The molecule has 1 aliphatic heterocycles. The molecule has 0 saturated carbocycles. The first kappa shape index (κ1) is 14.6. The Labute approximate surface area is 127 Å². The van der Waals surface area contributed by atoms with Crippen LogP contribution < -0.4 is 10.9 Å². The van der Waals surface area contributed by atoms with Crippen LogP contribution in [0.1, 0.15) is 24.3 Å². The van der Waals surface area contributed by atoms with Crippen LogP contribution in [0.2, 0.25) is 0 Å². The van der Waals surface area contributed by atoms with E-state index >= 15 is 0 Å². The molecular weight excluding hydrogens is 284 g/mol. The van der Waals surface area contributed by atoms with Crippen LogP contribution in [0.4, 0.5) is 4.79 Å². The Morgan fingerprint density at radius 2 is 2.05 bits per heavy atom. The van der Waals surface area contributed by atoms with Crippen LogP contribution >= 0.6 is 0 Å². The van der Waals surface area contributed by atoms with Crippen molar-refractivity contribution in [2.24, 2.45) is 0 Å². The Hall–Kier alpha value is -2.34. The fourth-order valence-electron chi connectivity index (χ4n) is 3.02. The van der Waals surface area contributed by atoms with Crippen molar-refractivity contribution < 1.29 is 14.6 Å². The third kappa shape index (κ3) is 2.82. The summed E-state index contributed by atoms with van der Waals surface area (Å²) in [6, 6.07) is 9.39. The van der Waals surface area contributed by atoms with Crippen molar-refractivity contribution in [3.05, 3.63) is 46.2 Å². The molecule has 6 heteroatoms. The zero-order valence-corrected chi connectivity index (χ0v) is 12.1. The van der Waals surface area contributed by atoms with E-state index in [2.05, 4.69) is 10.1 Å². The summed E-state index contributed by atoms with van der Waals surface area (Å²) in [7, 11) is 0. The average Bonchev–Trinajstić information content (AvgIpc) is 2.54. The second kappa shape index (κ2) is 6.19. The van der Waals surface area contributed by atoms with Crippen LogP contribution in [0, 0.1) is 0 Å². The fourth-order valence-corrected chi connectivity index (χ4v) is 3.02. The highest BCUT2D eigenvalue weighted by molar-refractivity contribution is 5.79. The van der Waals surface area contributed by atoms with Gasteiger partial charge < -0.3 is 15.2 Å². The molecule has 0 aliphatic carbocycles. The third-order valence-corrected chi connectivity index (χ3v) is 4.13. The van der Waals surface area contributed by atoms with Gasteiger partial charge in [0.15, 0.2) is 6.73 Å². The predicted molar refractivity (Wildman–Crippen MR) is 82.2 cm³/mol. The van der Waals surface area contributed by atoms with E-state index in [1.807, 2.05) is 24.3 Å². The monoisotopic (exact) mass is 302 g/mol. The molecule has 1 aliphatic rings. The zero-order valence-electron chi connectivity index (χ0n) is 12.1. The quantitative estimate of drug-likeness (QED) is 0.849. The highest BCUT2D eigenvalue weighted by atomic mass is 16.7. The van der Waals surface area contributed by atoms with Crippen molar-refractivity contribution in [2.75, 3.05) is 13.1 Å².